The first-order chi connectivity index (χ1) is 7.65. The molecule has 1 aromatic heterocycles. The third-order valence-electron chi connectivity index (χ3n) is 1.86. The summed E-state index contributed by atoms with van der Waals surface area (Å²) < 4.78 is 26.9. The average molecular weight is 259 g/mol. The van der Waals surface area contributed by atoms with Crippen LogP contribution in [0.3, 0.4) is 0 Å². The molecule has 0 saturated carbocycles. The monoisotopic (exact) mass is 258 g/mol. The summed E-state index contributed by atoms with van der Waals surface area (Å²) >= 11 is 0. The standard InChI is InChI=1S/C10H8F2N4.ClH/c11-7-4-8(12)6-9(5-7)15-10(13)16-3-1-2-14-16;/h1-6H,(H2,13,15);1H. The van der Waals surface area contributed by atoms with Gasteiger partial charge >= 0.3 is 0 Å². The molecule has 0 radical (unpaired) electrons. The molecule has 2 N–H and O–H groups in total. The Bertz CT molecular complexity index is 493. The number of nitrogens with one attached hydrogen (secondary N) is 2. The van der Waals surface area contributed by atoms with Crippen molar-refractivity contribution in [1.82, 2.24) is 9.78 Å². The van der Waals surface area contributed by atoms with Crippen molar-refractivity contribution in [2.24, 2.45) is 0 Å². The molecule has 7 heteroatoms. The number of nitrogens with zero attached hydrogens (tertiary/aromatic N) is 2. The number of rotatable bonds is 1. The maximum atomic E-state index is 12.8. The Kier molecular flexibility index (Phi) is 4.17. The Hall–Kier alpha value is -1.95. The zero-order chi connectivity index (χ0) is 11.5. The molecule has 0 aliphatic rings. The van der Waals surface area contributed by atoms with Gasteiger partial charge < -0.3 is 5.32 Å². The van der Waals surface area contributed by atoms with Crippen LogP contribution in [0, 0.1) is 17.0 Å². The van der Waals surface area contributed by atoms with Gasteiger partial charge in [-0.1, -0.05) is 0 Å². The molecule has 4 nitrogen and oxygen atoms in total. The smallest absolute Gasteiger partial charge is 0.220 e. The fraction of sp³-hybridized carbons (Fsp3) is 0. The lowest BCUT2D eigenvalue weighted by Crippen LogP contribution is -2.20. The zero-order valence-corrected chi connectivity index (χ0v) is 9.34. The van der Waals surface area contributed by atoms with Crippen molar-refractivity contribution < 1.29 is 8.78 Å². The van der Waals surface area contributed by atoms with E-state index in [1.807, 2.05) is 0 Å². The largest absolute Gasteiger partial charge is 0.324 e. The minimum atomic E-state index is -0.698. The van der Waals surface area contributed by atoms with Crippen LogP contribution in [0.15, 0.2) is 36.7 Å². The van der Waals surface area contributed by atoms with Crippen molar-refractivity contribution in [3.05, 3.63) is 48.3 Å². The number of aromatic nitrogens is 2. The maximum Gasteiger partial charge on any atom is 0.220 e. The molecule has 2 rings (SSSR count). The van der Waals surface area contributed by atoms with Crippen LogP contribution in [0.2, 0.25) is 0 Å². The van der Waals surface area contributed by atoms with Crippen molar-refractivity contribution in [2.75, 3.05) is 5.32 Å². The molecule has 90 valence electrons. The fourth-order valence-electron chi connectivity index (χ4n) is 1.22. The first kappa shape index (κ1) is 13.1. The summed E-state index contributed by atoms with van der Waals surface area (Å²) in [6.45, 7) is 0. The summed E-state index contributed by atoms with van der Waals surface area (Å²) in [5, 5.41) is 13.9. The Labute approximate surface area is 102 Å². The second-order valence-corrected chi connectivity index (χ2v) is 3.08. The molecule has 0 bridgehead atoms. The van der Waals surface area contributed by atoms with Crippen molar-refractivity contribution in [1.29, 1.82) is 5.41 Å². The van der Waals surface area contributed by atoms with Crippen LogP contribution < -0.4 is 5.32 Å². The van der Waals surface area contributed by atoms with E-state index in [0.717, 1.165) is 18.2 Å². The summed E-state index contributed by atoms with van der Waals surface area (Å²) in [6.07, 6.45) is 3.05. The van der Waals surface area contributed by atoms with Crippen molar-refractivity contribution >= 4 is 24.1 Å². The first-order valence-electron chi connectivity index (χ1n) is 4.47. The second-order valence-electron chi connectivity index (χ2n) is 3.08. The topological polar surface area (TPSA) is 53.7 Å². The van der Waals surface area contributed by atoms with Crippen molar-refractivity contribution in [3.8, 4) is 0 Å². The summed E-state index contributed by atoms with van der Waals surface area (Å²) in [5.74, 6) is -1.48. The minimum absolute atomic E-state index is 0. The highest BCUT2D eigenvalue weighted by Crippen LogP contribution is 2.12. The molecule has 0 atom stereocenters. The molecule has 1 aromatic carbocycles. The summed E-state index contributed by atoms with van der Waals surface area (Å²) in [5.41, 5.74) is 0.165. The lowest BCUT2D eigenvalue weighted by atomic mass is 10.3. The number of hydrogen-bond donors (Lipinski definition) is 2. The van der Waals surface area contributed by atoms with E-state index >= 15 is 0 Å². The highest BCUT2D eigenvalue weighted by atomic mass is 35.5. The molecule has 0 aliphatic carbocycles. The van der Waals surface area contributed by atoms with Gasteiger partial charge in [0.05, 0.1) is 0 Å². The third-order valence-corrected chi connectivity index (χ3v) is 1.86. The highest BCUT2D eigenvalue weighted by Gasteiger charge is 2.04. The van der Waals surface area contributed by atoms with Crippen LogP contribution in [0.4, 0.5) is 14.5 Å². The van der Waals surface area contributed by atoms with E-state index in [1.165, 1.54) is 10.9 Å². The predicted octanol–water partition coefficient (Wildman–Crippen LogP) is 2.48. The van der Waals surface area contributed by atoms with E-state index in [1.54, 1.807) is 12.3 Å². The van der Waals surface area contributed by atoms with E-state index < -0.39 is 11.6 Å². The van der Waals surface area contributed by atoms with E-state index in [0.29, 0.717) is 0 Å². The molecular formula is C10H9ClF2N4. The van der Waals surface area contributed by atoms with Crippen LogP contribution in [0.25, 0.3) is 0 Å². The Balaban J connectivity index is 0.00000144. The Morgan fingerprint density at radius 3 is 2.41 bits per heavy atom. The van der Waals surface area contributed by atoms with E-state index in [4.69, 9.17) is 5.41 Å². The van der Waals surface area contributed by atoms with Gasteiger partial charge in [-0.05, 0) is 18.2 Å². The van der Waals surface area contributed by atoms with Gasteiger partial charge in [0.15, 0.2) is 0 Å². The quantitative estimate of drug-likeness (QED) is 0.610. The molecule has 2 aromatic rings. The average Bonchev–Trinajstić information content (AvgIpc) is 2.68. The number of benzene rings is 1. The van der Waals surface area contributed by atoms with Crippen molar-refractivity contribution in [2.45, 2.75) is 0 Å². The summed E-state index contributed by atoms with van der Waals surface area (Å²) in [4.78, 5) is 0. The molecular weight excluding hydrogens is 250 g/mol. The predicted molar refractivity (Wildman–Crippen MR) is 62.6 cm³/mol. The first-order valence-corrected chi connectivity index (χ1v) is 4.47. The SMILES string of the molecule is Cl.N=C(Nc1cc(F)cc(F)c1)n1cccn1. The van der Waals surface area contributed by atoms with Crippen LogP contribution >= 0.6 is 12.4 Å². The molecule has 0 spiro atoms. The van der Waals surface area contributed by atoms with E-state index in [-0.39, 0.29) is 24.1 Å². The van der Waals surface area contributed by atoms with Crippen LogP contribution in [0.1, 0.15) is 0 Å². The summed E-state index contributed by atoms with van der Waals surface area (Å²) in [6, 6.07) is 4.60. The fourth-order valence-corrected chi connectivity index (χ4v) is 1.22. The van der Waals surface area contributed by atoms with Gasteiger partial charge in [0.25, 0.3) is 0 Å². The molecule has 1 heterocycles. The van der Waals surface area contributed by atoms with Crippen LogP contribution in [-0.2, 0) is 0 Å². The van der Waals surface area contributed by atoms with E-state index in [2.05, 4.69) is 10.4 Å². The zero-order valence-electron chi connectivity index (χ0n) is 8.52. The Morgan fingerprint density at radius 1 is 1.24 bits per heavy atom. The van der Waals surface area contributed by atoms with Gasteiger partial charge in [-0.2, -0.15) is 5.10 Å². The van der Waals surface area contributed by atoms with Crippen molar-refractivity contribution in [3.63, 3.8) is 0 Å². The van der Waals surface area contributed by atoms with Gasteiger partial charge in [-0.3, -0.25) is 5.41 Å². The Morgan fingerprint density at radius 2 is 1.88 bits per heavy atom. The maximum absolute atomic E-state index is 12.8. The summed E-state index contributed by atoms with van der Waals surface area (Å²) in [7, 11) is 0. The van der Waals surface area contributed by atoms with Crippen LogP contribution in [-0.4, -0.2) is 15.7 Å². The van der Waals surface area contributed by atoms with Gasteiger partial charge in [0, 0.05) is 24.1 Å². The lowest BCUT2D eigenvalue weighted by Gasteiger charge is -2.07. The molecule has 17 heavy (non-hydrogen) atoms. The highest BCUT2D eigenvalue weighted by molar-refractivity contribution is 5.92. The minimum Gasteiger partial charge on any atom is -0.324 e. The lowest BCUT2D eigenvalue weighted by molar-refractivity contribution is 0.584. The van der Waals surface area contributed by atoms with Gasteiger partial charge in [-0.15, -0.1) is 12.4 Å². The molecule has 0 fully saturated rings. The molecule has 0 aliphatic heterocycles. The third kappa shape index (κ3) is 3.25. The van der Waals surface area contributed by atoms with Gasteiger partial charge in [0.1, 0.15) is 11.6 Å². The van der Waals surface area contributed by atoms with E-state index in [9.17, 15) is 8.78 Å². The van der Waals surface area contributed by atoms with Crippen LogP contribution in [0.5, 0.6) is 0 Å². The number of anilines is 1. The molecule has 0 unspecified atom stereocenters. The second kappa shape index (κ2) is 5.40. The van der Waals surface area contributed by atoms with Gasteiger partial charge in [0.2, 0.25) is 5.96 Å². The van der Waals surface area contributed by atoms with Gasteiger partial charge in [-0.25, -0.2) is 13.5 Å². The number of hydrogen-bond acceptors (Lipinski definition) is 2. The molecule has 0 saturated heterocycles. The normalized spacial score (nSPS) is 9.53. The molecule has 0 amide bonds. The number of halogens is 3.